The van der Waals surface area contributed by atoms with Gasteiger partial charge in [0.15, 0.2) is 0 Å². The molecule has 0 N–H and O–H groups in total. The summed E-state index contributed by atoms with van der Waals surface area (Å²) in [5, 5.41) is 20.0. The molecule has 0 aliphatic rings. The Bertz CT molecular complexity index is 151. The molecule has 5 nitrogen and oxygen atoms in total. The SMILES string of the molecule is CN(CCC(=O)[O-])CCC(=O)[O-]. The fraction of sp³-hybridized carbons (Fsp3) is 0.714. The first-order valence-electron chi connectivity index (χ1n) is 3.60. The van der Waals surface area contributed by atoms with Crippen LogP contribution in [0.2, 0.25) is 0 Å². The van der Waals surface area contributed by atoms with Crippen molar-refractivity contribution in [2.75, 3.05) is 20.1 Å². The van der Waals surface area contributed by atoms with E-state index in [9.17, 15) is 19.8 Å². The molecule has 0 saturated carbocycles. The number of carboxylic acid groups (broad SMARTS) is 2. The summed E-state index contributed by atoms with van der Waals surface area (Å²) >= 11 is 0. The van der Waals surface area contributed by atoms with Gasteiger partial charge in [0.25, 0.3) is 0 Å². The van der Waals surface area contributed by atoms with Crippen molar-refractivity contribution in [1.29, 1.82) is 0 Å². The van der Waals surface area contributed by atoms with Crippen LogP contribution in [0.4, 0.5) is 0 Å². The molecule has 0 fully saturated rings. The lowest BCUT2D eigenvalue weighted by molar-refractivity contribution is -0.306. The molecule has 0 bridgehead atoms. The minimum absolute atomic E-state index is 0.0798. The van der Waals surface area contributed by atoms with Crippen molar-refractivity contribution in [3.05, 3.63) is 0 Å². The fourth-order valence-corrected chi connectivity index (χ4v) is 0.676. The molecule has 0 spiro atoms. The summed E-state index contributed by atoms with van der Waals surface area (Å²) in [5.41, 5.74) is 0. The van der Waals surface area contributed by atoms with Crippen LogP contribution in [0.5, 0.6) is 0 Å². The number of hydrogen-bond acceptors (Lipinski definition) is 5. The predicted molar refractivity (Wildman–Crippen MR) is 36.7 cm³/mol. The molecule has 0 aliphatic carbocycles. The predicted octanol–water partition coefficient (Wildman–Crippen LogP) is -2.80. The van der Waals surface area contributed by atoms with Gasteiger partial charge in [-0.1, -0.05) is 0 Å². The van der Waals surface area contributed by atoms with Gasteiger partial charge in [0, 0.05) is 25.0 Å². The molecule has 0 heterocycles. The molecule has 0 rings (SSSR count). The molecular formula is C7H11NO4-2. The third-order valence-corrected chi connectivity index (χ3v) is 1.40. The van der Waals surface area contributed by atoms with Crippen molar-refractivity contribution in [3.8, 4) is 0 Å². The Morgan fingerprint density at radius 2 is 1.42 bits per heavy atom. The van der Waals surface area contributed by atoms with Crippen LogP contribution in [-0.4, -0.2) is 37.0 Å². The minimum atomic E-state index is -1.13. The topological polar surface area (TPSA) is 83.5 Å². The van der Waals surface area contributed by atoms with Gasteiger partial charge >= 0.3 is 0 Å². The van der Waals surface area contributed by atoms with Gasteiger partial charge in [-0.2, -0.15) is 0 Å². The zero-order valence-electron chi connectivity index (χ0n) is 6.91. The highest BCUT2D eigenvalue weighted by Crippen LogP contribution is 1.88. The summed E-state index contributed by atoms with van der Waals surface area (Å²) in [4.78, 5) is 21.6. The smallest absolute Gasteiger partial charge is 0.0427 e. The number of nitrogens with zero attached hydrogens (tertiary/aromatic N) is 1. The summed E-state index contributed by atoms with van der Waals surface area (Å²) in [5.74, 6) is -2.26. The Morgan fingerprint density at radius 3 is 1.67 bits per heavy atom. The van der Waals surface area contributed by atoms with Crippen molar-refractivity contribution in [2.45, 2.75) is 12.8 Å². The van der Waals surface area contributed by atoms with Crippen LogP contribution in [0.25, 0.3) is 0 Å². The largest absolute Gasteiger partial charge is 0.550 e. The van der Waals surface area contributed by atoms with E-state index in [1.54, 1.807) is 11.9 Å². The van der Waals surface area contributed by atoms with Gasteiger partial charge in [0.2, 0.25) is 0 Å². The molecule has 0 saturated heterocycles. The van der Waals surface area contributed by atoms with Crippen LogP contribution in [-0.2, 0) is 9.59 Å². The normalized spacial score (nSPS) is 10.2. The van der Waals surface area contributed by atoms with E-state index in [0.717, 1.165) is 0 Å². The maximum atomic E-state index is 9.98. The first-order chi connectivity index (χ1) is 5.52. The Morgan fingerprint density at radius 1 is 1.08 bits per heavy atom. The van der Waals surface area contributed by atoms with Crippen LogP contribution >= 0.6 is 0 Å². The lowest BCUT2D eigenvalue weighted by Crippen LogP contribution is -2.32. The molecule has 5 heteroatoms. The Kier molecular flexibility index (Phi) is 5.03. The first kappa shape index (κ1) is 10.9. The molecule has 12 heavy (non-hydrogen) atoms. The molecule has 0 unspecified atom stereocenters. The highest BCUT2D eigenvalue weighted by Gasteiger charge is 1.97. The second-order valence-corrected chi connectivity index (χ2v) is 2.55. The molecule has 0 aromatic rings. The van der Waals surface area contributed by atoms with Gasteiger partial charge in [0.1, 0.15) is 0 Å². The van der Waals surface area contributed by atoms with Crippen molar-refractivity contribution in [1.82, 2.24) is 4.90 Å². The summed E-state index contributed by atoms with van der Waals surface area (Å²) < 4.78 is 0. The van der Waals surface area contributed by atoms with Crippen LogP contribution in [0.3, 0.4) is 0 Å². The number of carbonyl (C=O) groups is 2. The third-order valence-electron chi connectivity index (χ3n) is 1.40. The summed E-state index contributed by atoms with van der Waals surface area (Å²) in [6, 6.07) is 0. The van der Waals surface area contributed by atoms with Crippen LogP contribution in [0.1, 0.15) is 12.8 Å². The molecule has 0 aromatic carbocycles. The molecular weight excluding hydrogens is 162 g/mol. The Hall–Kier alpha value is -1.10. The summed E-state index contributed by atoms with van der Waals surface area (Å²) in [6.45, 7) is 0.602. The molecule has 0 atom stereocenters. The van der Waals surface area contributed by atoms with Gasteiger partial charge in [-0.15, -0.1) is 0 Å². The van der Waals surface area contributed by atoms with Gasteiger partial charge in [-0.05, 0) is 19.9 Å². The van der Waals surface area contributed by atoms with Crippen molar-refractivity contribution in [2.24, 2.45) is 0 Å². The lowest BCUT2D eigenvalue weighted by atomic mass is 10.3. The lowest BCUT2D eigenvalue weighted by Gasteiger charge is -2.16. The number of carboxylic acids is 2. The number of carbonyl (C=O) groups excluding carboxylic acids is 2. The maximum absolute atomic E-state index is 9.98. The summed E-state index contributed by atoms with van der Waals surface area (Å²) in [6.07, 6.45) is -0.160. The second-order valence-electron chi connectivity index (χ2n) is 2.55. The Balaban J connectivity index is 3.39. The fourth-order valence-electron chi connectivity index (χ4n) is 0.676. The van der Waals surface area contributed by atoms with E-state index in [-0.39, 0.29) is 12.8 Å². The molecule has 70 valence electrons. The highest BCUT2D eigenvalue weighted by molar-refractivity contribution is 5.65. The third kappa shape index (κ3) is 7.01. The number of rotatable bonds is 6. The molecule has 0 amide bonds. The maximum Gasteiger partial charge on any atom is 0.0427 e. The van der Waals surface area contributed by atoms with Crippen LogP contribution in [0.15, 0.2) is 0 Å². The zero-order chi connectivity index (χ0) is 9.56. The van der Waals surface area contributed by atoms with Gasteiger partial charge < -0.3 is 24.7 Å². The molecule has 0 aliphatic heterocycles. The number of hydrogen-bond donors (Lipinski definition) is 0. The van der Waals surface area contributed by atoms with E-state index in [4.69, 9.17) is 0 Å². The van der Waals surface area contributed by atoms with E-state index in [0.29, 0.717) is 13.1 Å². The standard InChI is InChI=1S/C7H13NO4/c1-8(4-2-6(9)10)5-3-7(11)12/h2-5H2,1H3,(H,9,10)(H,11,12)/p-2. The Labute approximate surface area is 70.6 Å². The summed E-state index contributed by atoms with van der Waals surface area (Å²) in [7, 11) is 1.64. The van der Waals surface area contributed by atoms with Crippen LogP contribution in [0, 0.1) is 0 Å². The first-order valence-corrected chi connectivity index (χ1v) is 3.60. The monoisotopic (exact) mass is 173 g/mol. The van der Waals surface area contributed by atoms with E-state index >= 15 is 0 Å². The van der Waals surface area contributed by atoms with E-state index in [2.05, 4.69) is 0 Å². The van der Waals surface area contributed by atoms with E-state index in [1.807, 2.05) is 0 Å². The average molecular weight is 173 g/mol. The van der Waals surface area contributed by atoms with Gasteiger partial charge in [-0.3, -0.25) is 0 Å². The average Bonchev–Trinajstić information content (AvgIpc) is 1.96. The minimum Gasteiger partial charge on any atom is -0.550 e. The van der Waals surface area contributed by atoms with Gasteiger partial charge in [0.05, 0.1) is 0 Å². The van der Waals surface area contributed by atoms with Crippen molar-refractivity contribution in [3.63, 3.8) is 0 Å². The van der Waals surface area contributed by atoms with Gasteiger partial charge in [-0.25, -0.2) is 0 Å². The second kappa shape index (κ2) is 5.54. The quantitative estimate of drug-likeness (QED) is 0.433. The highest BCUT2D eigenvalue weighted by atomic mass is 16.4. The molecule has 0 radical (unpaired) electrons. The number of aliphatic carboxylic acids is 2. The van der Waals surface area contributed by atoms with Crippen LogP contribution < -0.4 is 10.2 Å². The van der Waals surface area contributed by atoms with Crippen molar-refractivity contribution >= 4 is 11.9 Å². The van der Waals surface area contributed by atoms with Crippen molar-refractivity contribution < 1.29 is 19.8 Å². The van der Waals surface area contributed by atoms with E-state index in [1.165, 1.54) is 0 Å². The molecule has 0 aromatic heterocycles. The van der Waals surface area contributed by atoms with E-state index < -0.39 is 11.9 Å². The zero-order valence-corrected chi connectivity index (χ0v) is 6.91.